The summed E-state index contributed by atoms with van der Waals surface area (Å²) in [7, 11) is 1.96. The summed E-state index contributed by atoms with van der Waals surface area (Å²) in [6, 6.07) is 8.57. The summed E-state index contributed by atoms with van der Waals surface area (Å²) in [6.07, 6.45) is 1.66. The summed E-state index contributed by atoms with van der Waals surface area (Å²) < 4.78 is 4.53. The second kappa shape index (κ2) is 7.02. The minimum Gasteiger partial charge on any atom is -0.392 e. The van der Waals surface area contributed by atoms with E-state index in [-0.39, 0.29) is 11.5 Å². The van der Waals surface area contributed by atoms with Gasteiger partial charge in [-0.3, -0.25) is 4.90 Å². The Balaban J connectivity index is 1.85. The van der Waals surface area contributed by atoms with Crippen molar-refractivity contribution in [1.82, 2.24) is 19.2 Å². The van der Waals surface area contributed by atoms with Crippen LogP contribution in [0.4, 0.5) is 0 Å². The van der Waals surface area contributed by atoms with Gasteiger partial charge in [0.2, 0.25) is 0 Å². The zero-order valence-electron chi connectivity index (χ0n) is 15.6. The van der Waals surface area contributed by atoms with E-state index < -0.39 is 0 Å². The summed E-state index contributed by atoms with van der Waals surface area (Å²) in [5.74, 6) is 0.878. The number of hydrogen-bond acceptors (Lipinski definition) is 4. The van der Waals surface area contributed by atoms with Crippen molar-refractivity contribution < 1.29 is 5.11 Å². The quantitative estimate of drug-likeness (QED) is 0.853. The van der Waals surface area contributed by atoms with Crippen molar-refractivity contribution in [2.24, 2.45) is 7.05 Å². The van der Waals surface area contributed by atoms with Gasteiger partial charge in [-0.05, 0) is 36.0 Å². The van der Waals surface area contributed by atoms with Crippen molar-refractivity contribution in [3.63, 3.8) is 0 Å². The predicted octanol–water partition coefficient (Wildman–Crippen LogP) is 3.33. The molecule has 136 valence electrons. The van der Waals surface area contributed by atoms with Gasteiger partial charge in [0.05, 0.1) is 12.8 Å². The van der Waals surface area contributed by atoms with Crippen LogP contribution in [-0.4, -0.2) is 43.5 Å². The number of nitrogens with zero attached hydrogens (tertiary/aromatic N) is 4. The fourth-order valence-corrected chi connectivity index (χ4v) is 3.48. The minimum atomic E-state index is -0.240. The summed E-state index contributed by atoms with van der Waals surface area (Å²) in [5.41, 5.74) is 2.51. The SMILES string of the molecule is Cn1c(-c2ccc(C(C)(C)C)cc2)nn(CN2CCC[C@@H](O)C2)c1=S. The van der Waals surface area contributed by atoms with Crippen molar-refractivity contribution in [3.05, 3.63) is 34.6 Å². The minimum absolute atomic E-state index is 0.137. The van der Waals surface area contributed by atoms with Crippen LogP contribution in [0.3, 0.4) is 0 Å². The highest BCUT2D eigenvalue weighted by molar-refractivity contribution is 7.71. The average Bonchev–Trinajstić information content (AvgIpc) is 2.83. The van der Waals surface area contributed by atoms with Gasteiger partial charge in [-0.25, -0.2) is 4.68 Å². The summed E-state index contributed by atoms with van der Waals surface area (Å²) in [5, 5.41) is 14.6. The summed E-state index contributed by atoms with van der Waals surface area (Å²) >= 11 is 5.57. The first-order valence-corrected chi connectivity index (χ1v) is 9.31. The molecule has 6 heteroatoms. The van der Waals surface area contributed by atoms with Gasteiger partial charge in [0.15, 0.2) is 10.6 Å². The number of β-amino-alcohol motifs (C(OH)–C–C–N with tert-alkyl or cyclic N) is 1. The van der Waals surface area contributed by atoms with Crippen molar-refractivity contribution in [2.45, 2.75) is 51.8 Å². The molecule has 25 heavy (non-hydrogen) atoms. The molecule has 2 aromatic rings. The molecule has 1 aliphatic heterocycles. The number of hydrogen-bond donors (Lipinski definition) is 1. The van der Waals surface area contributed by atoms with Gasteiger partial charge in [-0.15, -0.1) is 0 Å². The summed E-state index contributed by atoms with van der Waals surface area (Å²) in [4.78, 5) is 2.21. The molecule has 3 rings (SSSR count). The van der Waals surface area contributed by atoms with Crippen molar-refractivity contribution in [1.29, 1.82) is 0 Å². The smallest absolute Gasteiger partial charge is 0.199 e. The lowest BCUT2D eigenvalue weighted by Crippen LogP contribution is -2.39. The van der Waals surface area contributed by atoms with E-state index in [0.717, 1.165) is 30.8 Å². The highest BCUT2D eigenvalue weighted by Gasteiger charge is 2.20. The normalized spacial score (nSPS) is 19.3. The van der Waals surface area contributed by atoms with E-state index in [1.807, 2.05) is 16.3 Å². The molecule has 2 heterocycles. The fraction of sp³-hybridized carbons (Fsp3) is 0.579. The molecule has 0 unspecified atom stereocenters. The van der Waals surface area contributed by atoms with Gasteiger partial charge >= 0.3 is 0 Å². The third kappa shape index (κ3) is 4.02. The number of piperidine rings is 1. The molecule has 1 aromatic carbocycles. The Kier molecular flexibility index (Phi) is 5.14. The van der Waals surface area contributed by atoms with E-state index in [1.54, 1.807) is 0 Å². The van der Waals surface area contributed by atoms with Crippen LogP contribution in [0, 0.1) is 4.77 Å². The topological polar surface area (TPSA) is 46.2 Å². The number of benzene rings is 1. The standard InChI is InChI=1S/C19H28N4OS/c1-19(2,3)15-9-7-14(8-10-15)17-20-23(18(25)21(17)4)13-22-11-5-6-16(24)12-22/h7-10,16,24H,5-6,11-13H2,1-4H3/t16-/m1/s1. The highest BCUT2D eigenvalue weighted by Crippen LogP contribution is 2.25. The first-order valence-electron chi connectivity index (χ1n) is 8.91. The van der Waals surface area contributed by atoms with Gasteiger partial charge in [-0.2, -0.15) is 5.10 Å². The van der Waals surface area contributed by atoms with E-state index in [1.165, 1.54) is 5.56 Å². The Bertz CT molecular complexity index is 785. The molecule has 5 nitrogen and oxygen atoms in total. The molecule has 0 spiro atoms. The maximum atomic E-state index is 9.85. The summed E-state index contributed by atoms with van der Waals surface area (Å²) in [6.45, 7) is 8.93. The Morgan fingerprint density at radius 1 is 1.24 bits per heavy atom. The van der Waals surface area contributed by atoms with E-state index in [0.29, 0.717) is 18.0 Å². The van der Waals surface area contributed by atoms with Crippen LogP contribution in [0.5, 0.6) is 0 Å². The number of aliphatic hydroxyl groups excluding tert-OH is 1. The Hall–Kier alpha value is -1.50. The fourth-order valence-electron chi connectivity index (χ4n) is 3.30. The molecule has 1 fully saturated rings. The number of likely N-dealkylation sites (tertiary alicyclic amines) is 1. The van der Waals surface area contributed by atoms with Crippen LogP contribution < -0.4 is 0 Å². The second-order valence-electron chi connectivity index (χ2n) is 8.01. The van der Waals surface area contributed by atoms with E-state index in [9.17, 15) is 5.11 Å². The van der Waals surface area contributed by atoms with E-state index in [4.69, 9.17) is 17.3 Å². The molecule has 0 bridgehead atoms. The van der Waals surface area contributed by atoms with Crippen LogP contribution in [0.1, 0.15) is 39.2 Å². The first kappa shape index (κ1) is 18.3. The van der Waals surface area contributed by atoms with Gasteiger partial charge in [0.25, 0.3) is 0 Å². The van der Waals surface area contributed by atoms with Crippen LogP contribution in [-0.2, 0) is 19.1 Å². The molecular formula is C19H28N4OS. The van der Waals surface area contributed by atoms with Gasteiger partial charge < -0.3 is 9.67 Å². The Morgan fingerprint density at radius 3 is 2.52 bits per heavy atom. The van der Waals surface area contributed by atoms with Gasteiger partial charge in [0, 0.05) is 25.7 Å². The molecular weight excluding hydrogens is 332 g/mol. The molecule has 1 atom stereocenters. The molecule has 1 N–H and O–H groups in total. The van der Waals surface area contributed by atoms with Crippen molar-refractivity contribution in [2.75, 3.05) is 13.1 Å². The lowest BCUT2D eigenvalue weighted by Gasteiger charge is -2.29. The largest absolute Gasteiger partial charge is 0.392 e. The van der Waals surface area contributed by atoms with E-state index in [2.05, 4.69) is 49.9 Å². The molecule has 0 aliphatic carbocycles. The maximum Gasteiger partial charge on any atom is 0.199 e. The van der Waals surface area contributed by atoms with Crippen molar-refractivity contribution in [3.8, 4) is 11.4 Å². The second-order valence-corrected chi connectivity index (χ2v) is 8.37. The van der Waals surface area contributed by atoms with Crippen LogP contribution in [0.25, 0.3) is 11.4 Å². The van der Waals surface area contributed by atoms with E-state index >= 15 is 0 Å². The third-order valence-corrected chi connectivity index (χ3v) is 5.35. The third-order valence-electron chi connectivity index (χ3n) is 4.86. The van der Waals surface area contributed by atoms with Crippen LogP contribution in [0.15, 0.2) is 24.3 Å². The zero-order valence-corrected chi connectivity index (χ0v) is 16.4. The molecule has 0 radical (unpaired) electrons. The van der Waals surface area contributed by atoms with Gasteiger partial charge in [0.1, 0.15) is 0 Å². The maximum absolute atomic E-state index is 9.85. The average molecular weight is 361 g/mol. The first-order chi connectivity index (χ1) is 11.8. The molecule has 1 aliphatic rings. The highest BCUT2D eigenvalue weighted by atomic mass is 32.1. The molecule has 0 saturated carbocycles. The molecule has 1 saturated heterocycles. The monoisotopic (exact) mass is 360 g/mol. The van der Waals surface area contributed by atoms with Crippen LogP contribution in [0.2, 0.25) is 0 Å². The number of rotatable bonds is 3. The number of aliphatic hydroxyl groups is 1. The Morgan fingerprint density at radius 2 is 1.92 bits per heavy atom. The molecule has 0 amide bonds. The van der Waals surface area contributed by atoms with Gasteiger partial charge in [-0.1, -0.05) is 45.0 Å². The lowest BCUT2D eigenvalue weighted by molar-refractivity contribution is 0.0513. The molecule has 1 aromatic heterocycles. The lowest BCUT2D eigenvalue weighted by atomic mass is 9.87. The number of aromatic nitrogens is 3. The Labute approximate surface area is 154 Å². The van der Waals surface area contributed by atoms with Crippen LogP contribution >= 0.6 is 12.2 Å². The predicted molar refractivity (Wildman–Crippen MR) is 103 cm³/mol. The van der Waals surface area contributed by atoms with Crippen molar-refractivity contribution >= 4 is 12.2 Å². The zero-order chi connectivity index (χ0) is 18.2.